The van der Waals surface area contributed by atoms with Gasteiger partial charge in [0.15, 0.2) is 0 Å². The van der Waals surface area contributed by atoms with Gasteiger partial charge in [0.05, 0.1) is 25.5 Å². The van der Waals surface area contributed by atoms with Crippen LogP contribution in [0.1, 0.15) is 134 Å². The molecule has 410 valence electrons. The first-order valence-electron chi connectivity index (χ1n) is 22.5. The van der Waals surface area contributed by atoms with E-state index < -0.39 is 16.8 Å². The van der Waals surface area contributed by atoms with Crippen LogP contribution in [0.2, 0.25) is 0 Å². The maximum Gasteiger partial charge on any atom is 0.410 e. The molecular weight excluding hydrogens is 968 g/mol. The van der Waals surface area contributed by atoms with Crippen LogP contribution in [0.3, 0.4) is 0 Å². The summed E-state index contributed by atoms with van der Waals surface area (Å²) in [6, 6.07) is 0. The quantitative estimate of drug-likeness (QED) is 0.226. The van der Waals surface area contributed by atoms with Crippen molar-refractivity contribution in [3.05, 3.63) is 78.3 Å². The van der Waals surface area contributed by atoms with Crippen molar-refractivity contribution in [3.63, 3.8) is 0 Å². The Kier molecular flexibility index (Phi) is 34.4. The number of nitrogens with zero attached hydrogens (tertiary/aromatic N) is 11. The van der Waals surface area contributed by atoms with E-state index in [9.17, 15) is 19.2 Å². The lowest BCUT2D eigenvalue weighted by Gasteiger charge is -2.35. The fraction of sp³-hybridized carbons (Fsp3) is 0.660. The van der Waals surface area contributed by atoms with Gasteiger partial charge in [0.25, 0.3) is 0 Å². The van der Waals surface area contributed by atoms with Crippen LogP contribution >= 0.6 is 24.8 Å². The molecule has 0 saturated carbocycles. The Balaban J connectivity index is -0.000000838. The van der Waals surface area contributed by atoms with Crippen LogP contribution in [0, 0.1) is 0 Å². The van der Waals surface area contributed by atoms with Gasteiger partial charge in [0.1, 0.15) is 54.2 Å². The number of morpholine rings is 1. The number of ether oxygens (including phenoxy) is 4. The van der Waals surface area contributed by atoms with Gasteiger partial charge < -0.3 is 43.9 Å². The number of nitrogens with one attached hydrogen (secondary N) is 1. The van der Waals surface area contributed by atoms with Gasteiger partial charge in [-0.15, -0.1) is 24.8 Å². The van der Waals surface area contributed by atoms with Crippen LogP contribution in [-0.4, -0.2) is 161 Å². The van der Waals surface area contributed by atoms with Crippen molar-refractivity contribution in [1.82, 2.24) is 59.8 Å². The first-order valence-corrected chi connectivity index (χ1v) is 22.5. The number of piperidine rings is 1. The molecule has 8 heterocycles. The Morgan fingerprint density at radius 1 is 0.556 bits per heavy atom. The highest BCUT2D eigenvalue weighted by Gasteiger charge is 2.28. The first kappa shape index (κ1) is 70.9. The maximum absolute atomic E-state index is 11.9. The minimum atomic E-state index is -0.460. The van der Waals surface area contributed by atoms with Gasteiger partial charge >= 0.3 is 18.3 Å². The average molecular weight is 1060 g/mol. The van der Waals surface area contributed by atoms with E-state index in [2.05, 4.69) is 51.2 Å². The standard InChI is InChI=1S/C14H24N2O3.C12H17N3O2.C10H17NO3.C7H9N3.C3H3N3.4CH4.2ClH/c1-14(2,3)19-13(17)16-6-4-12(5-7-16)15-8-10-18-11-9-15;1-12(2,3)17-11(16)15-5-4-10-9(7-15)6-13-8-14-10;1-10(2,3)14-9(13)11-6-4-8(12)5-7-11;1-2-8-3-6-4-9-5-10-7(1)6;1-4-2-6-3-5-1;;;;;;/h4H,5-11H2,1-3H3;6,8H,4-5,7H2,1-3H3;4-7H2,1-3H3;4-5,8H,1-3H2;1-3H;4*1H4;2*1H. The number of hydrogen-bond donors (Lipinski definition) is 1. The Morgan fingerprint density at radius 3 is 1.46 bits per heavy atom. The Bertz CT molecular complexity index is 1970. The van der Waals surface area contributed by atoms with Gasteiger partial charge in [-0.05, 0) is 68.4 Å². The van der Waals surface area contributed by atoms with Crippen molar-refractivity contribution in [2.75, 3.05) is 65.6 Å². The molecule has 22 heteroatoms. The summed E-state index contributed by atoms with van der Waals surface area (Å²) in [7, 11) is 0. The van der Waals surface area contributed by atoms with Gasteiger partial charge in [-0.1, -0.05) is 29.7 Å². The Hall–Kier alpha value is -5.31. The topological polar surface area (TPSA) is 220 Å². The molecule has 0 radical (unpaired) electrons. The zero-order chi connectivity index (χ0) is 48.2. The van der Waals surface area contributed by atoms with Crippen molar-refractivity contribution >= 4 is 48.9 Å². The molecule has 0 spiro atoms. The van der Waals surface area contributed by atoms with Crippen LogP contribution in [0.5, 0.6) is 0 Å². The summed E-state index contributed by atoms with van der Waals surface area (Å²) in [5.41, 5.74) is 4.48. The lowest BCUT2D eigenvalue weighted by atomic mass is 10.1. The van der Waals surface area contributed by atoms with Crippen molar-refractivity contribution in [3.8, 4) is 0 Å². The van der Waals surface area contributed by atoms with Gasteiger partial charge in [-0.25, -0.2) is 49.3 Å². The number of carbonyl (C=O) groups excluding carboxylic acids is 4. The molecule has 3 aromatic heterocycles. The molecule has 72 heavy (non-hydrogen) atoms. The number of ketones is 1. The van der Waals surface area contributed by atoms with Crippen molar-refractivity contribution in [2.24, 2.45) is 0 Å². The number of carbonyl (C=O) groups is 4. The minimum Gasteiger partial charge on any atom is -0.444 e. The molecular formula is C50H88Cl2N12O8. The highest BCUT2D eigenvalue weighted by Crippen LogP contribution is 2.21. The summed E-state index contributed by atoms with van der Waals surface area (Å²) >= 11 is 0. The van der Waals surface area contributed by atoms with Gasteiger partial charge in [0, 0.05) is 126 Å². The second-order valence-corrected chi connectivity index (χ2v) is 18.8. The van der Waals surface area contributed by atoms with Gasteiger partial charge in [-0.3, -0.25) is 4.79 Å². The van der Waals surface area contributed by atoms with Crippen molar-refractivity contribution in [2.45, 2.75) is 154 Å². The van der Waals surface area contributed by atoms with E-state index in [0.717, 1.165) is 76.5 Å². The molecule has 5 aliphatic heterocycles. The zero-order valence-corrected chi connectivity index (χ0v) is 42.8. The Labute approximate surface area is 443 Å². The number of fused-ring (bicyclic) bond motifs is 2. The highest BCUT2D eigenvalue weighted by atomic mass is 35.5. The van der Waals surface area contributed by atoms with Crippen molar-refractivity contribution < 1.29 is 38.1 Å². The average Bonchev–Trinajstić information content (AvgIpc) is 3.29. The number of rotatable bonds is 1. The molecule has 3 amide bonds. The van der Waals surface area contributed by atoms with E-state index in [1.807, 2.05) is 68.5 Å². The molecule has 5 aliphatic rings. The van der Waals surface area contributed by atoms with E-state index in [1.165, 1.54) is 35.9 Å². The van der Waals surface area contributed by atoms with Gasteiger partial charge in [-0.2, -0.15) is 0 Å². The molecule has 0 aliphatic carbocycles. The van der Waals surface area contributed by atoms with Crippen LogP contribution in [0.4, 0.5) is 14.4 Å². The summed E-state index contributed by atoms with van der Waals surface area (Å²) in [5, 5.41) is 3.26. The number of amides is 3. The predicted molar refractivity (Wildman–Crippen MR) is 286 cm³/mol. The molecule has 2 saturated heterocycles. The van der Waals surface area contributed by atoms with Crippen LogP contribution in [-0.2, 0) is 49.7 Å². The SMILES string of the molecule is C.C.C.C.CC(C)(C)OC(=O)N1CC=C(N2CCOCC2)CC1.CC(C)(C)OC(=O)N1CCC(=O)CC1.CC(C)(C)OC(=O)N1CCc2ncncc2C1.Cl.Cl.c1ncc2c(n1)CCNC2.c1ncncn1. The molecule has 2 fully saturated rings. The number of halogens is 2. The second-order valence-electron chi connectivity index (χ2n) is 18.8. The zero-order valence-electron chi connectivity index (χ0n) is 41.1. The monoisotopic (exact) mass is 1050 g/mol. The molecule has 0 aromatic carbocycles. The van der Waals surface area contributed by atoms with Crippen LogP contribution < -0.4 is 5.32 Å². The lowest BCUT2D eigenvalue weighted by Crippen LogP contribution is -2.42. The lowest BCUT2D eigenvalue weighted by molar-refractivity contribution is -0.121. The second kappa shape index (κ2) is 34.9. The fourth-order valence-corrected chi connectivity index (χ4v) is 6.69. The molecule has 20 nitrogen and oxygen atoms in total. The molecule has 3 aromatic rings. The smallest absolute Gasteiger partial charge is 0.410 e. The number of hydrogen-bond acceptors (Lipinski definition) is 17. The summed E-state index contributed by atoms with van der Waals surface area (Å²) in [5.74, 6) is 0.227. The summed E-state index contributed by atoms with van der Waals surface area (Å²) < 4.78 is 21.3. The van der Waals surface area contributed by atoms with E-state index in [-0.39, 0.29) is 78.6 Å². The number of Topliss-reactive ketones (excluding diaryl/α,β-unsaturated/α-hetero) is 1. The highest BCUT2D eigenvalue weighted by molar-refractivity contribution is 5.85. The largest absolute Gasteiger partial charge is 0.444 e. The predicted octanol–water partition coefficient (Wildman–Crippen LogP) is 8.58. The van der Waals surface area contributed by atoms with E-state index in [0.29, 0.717) is 45.6 Å². The molecule has 1 N–H and O–H groups in total. The third kappa shape index (κ3) is 27.5. The fourth-order valence-electron chi connectivity index (χ4n) is 6.69. The van der Waals surface area contributed by atoms with E-state index >= 15 is 0 Å². The molecule has 0 atom stereocenters. The third-order valence-corrected chi connectivity index (χ3v) is 9.87. The minimum absolute atomic E-state index is 0. The van der Waals surface area contributed by atoms with Crippen LogP contribution in [0.25, 0.3) is 0 Å². The van der Waals surface area contributed by atoms with E-state index in [1.54, 1.807) is 33.6 Å². The maximum atomic E-state index is 11.9. The normalized spacial score (nSPS) is 15.7. The van der Waals surface area contributed by atoms with Crippen molar-refractivity contribution in [1.29, 1.82) is 0 Å². The van der Waals surface area contributed by atoms with Crippen LogP contribution in [0.15, 0.2) is 55.8 Å². The van der Waals surface area contributed by atoms with Gasteiger partial charge in [0.2, 0.25) is 0 Å². The number of aromatic nitrogens is 7. The molecule has 0 bridgehead atoms. The Morgan fingerprint density at radius 2 is 1.00 bits per heavy atom. The summed E-state index contributed by atoms with van der Waals surface area (Å²) in [6.07, 6.45) is 16.1. The number of likely N-dealkylation sites (tertiary alicyclic amines) is 1. The van der Waals surface area contributed by atoms with E-state index in [4.69, 9.17) is 18.9 Å². The molecule has 0 unspecified atom stereocenters. The third-order valence-electron chi connectivity index (χ3n) is 9.87. The first-order chi connectivity index (χ1) is 31.3. The summed E-state index contributed by atoms with van der Waals surface area (Å²) in [6.45, 7) is 25.8. The summed E-state index contributed by atoms with van der Waals surface area (Å²) in [4.78, 5) is 80.6. The molecule has 8 rings (SSSR count).